The van der Waals surface area contributed by atoms with E-state index >= 15 is 0 Å². The molecule has 0 amide bonds. The molecule has 0 saturated heterocycles. The molecule has 0 heterocycles. The SMILES string of the molecule is Oc1cccc(Cl)c1C(O)CF. The number of hydrogen-bond acceptors (Lipinski definition) is 2. The van der Waals surface area contributed by atoms with Gasteiger partial charge < -0.3 is 10.2 Å². The van der Waals surface area contributed by atoms with Crippen LogP contribution in [0.25, 0.3) is 0 Å². The van der Waals surface area contributed by atoms with Gasteiger partial charge in [-0.05, 0) is 12.1 Å². The van der Waals surface area contributed by atoms with Crippen molar-refractivity contribution in [2.45, 2.75) is 6.10 Å². The number of aromatic hydroxyl groups is 1. The molecule has 0 spiro atoms. The van der Waals surface area contributed by atoms with Crippen molar-refractivity contribution in [3.63, 3.8) is 0 Å². The number of aliphatic hydroxyl groups excluding tert-OH is 1. The summed E-state index contributed by atoms with van der Waals surface area (Å²) in [5, 5.41) is 18.4. The minimum atomic E-state index is -1.35. The highest BCUT2D eigenvalue weighted by atomic mass is 35.5. The third-order valence-electron chi connectivity index (χ3n) is 1.51. The first-order valence-corrected chi connectivity index (χ1v) is 3.76. The molecule has 0 aliphatic rings. The average Bonchev–Trinajstić information content (AvgIpc) is 2.03. The topological polar surface area (TPSA) is 40.5 Å². The van der Waals surface area contributed by atoms with Gasteiger partial charge in [-0.15, -0.1) is 0 Å². The molecule has 0 saturated carbocycles. The largest absolute Gasteiger partial charge is 0.508 e. The first kappa shape index (κ1) is 9.29. The van der Waals surface area contributed by atoms with Crippen molar-refractivity contribution in [2.75, 3.05) is 6.67 Å². The van der Waals surface area contributed by atoms with Crippen LogP contribution in [0.2, 0.25) is 5.02 Å². The lowest BCUT2D eigenvalue weighted by Crippen LogP contribution is -2.00. The van der Waals surface area contributed by atoms with E-state index in [9.17, 15) is 9.50 Å². The number of alkyl halides is 1. The Morgan fingerprint density at radius 1 is 1.50 bits per heavy atom. The first-order chi connectivity index (χ1) is 5.66. The van der Waals surface area contributed by atoms with Crippen molar-refractivity contribution in [1.29, 1.82) is 0 Å². The number of hydrogen-bond donors (Lipinski definition) is 2. The zero-order valence-electron chi connectivity index (χ0n) is 6.17. The molecule has 1 aromatic carbocycles. The van der Waals surface area contributed by atoms with Crippen molar-refractivity contribution in [2.24, 2.45) is 0 Å². The Balaban J connectivity index is 3.12. The molecule has 1 rings (SSSR count). The Bertz CT molecular complexity index is 258. The molecule has 0 bridgehead atoms. The molecule has 2 N–H and O–H groups in total. The van der Waals surface area contributed by atoms with Gasteiger partial charge in [-0.25, -0.2) is 4.39 Å². The molecule has 0 radical (unpaired) electrons. The van der Waals surface area contributed by atoms with Crippen molar-refractivity contribution < 1.29 is 14.6 Å². The average molecular weight is 191 g/mol. The fourth-order valence-corrected chi connectivity index (χ4v) is 1.23. The van der Waals surface area contributed by atoms with Crippen molar-refractivity contribution in [3.8, 4) is 5.75 Å². The van der Waals surface area contributed by atoms with Gasteiger partial charge in [0.05, 0.1) is 5.02 Å². The molecular weight excluding hydrogens is 183 g/mol. The molecule has 4 heteroatoms. The normalized spacial score (nSPS) is 12.9. The molecule has 0 aromatic heterocycles. The second kappa shape index (κ2) is 3.74. The summed E-state index contributed by atoms with van der Waals surface area (Å²) in [5.41, 5.74) is 0.0432. The summed E-state index contributed by atoms with van der Waals surface area (Å²) in [4.78, 5) is 0. The first-order valence-electron chi connectivity index (χ1n) is 3.38. The molecule has 2 nitrogen and oxygen atoms in total. The van der Waals surface area contributed by atoms with Gasteiger partial charge in [0.2, 0.25) is 0 Å². The summed E-state index contributed by atoms with van der Waals surface area (Å²) < 4.78 is 12.0. The van der Waals surface area contributed by atoms with Crippen molar-refractivity contribution in [1.82, 2.24) is 0 Å². The summed E-state index contributed by atoms with van der Waals surface area (Å²) in [5.74, 6) is -0.187. The van der Waals surface area contributed by atoms with Crippen LogP contribution in [0.15, 0.2) is 18.2 Å². The Morgan fingerprint density at radius 3 is 2.67 bits per heavy atom. The zero-order chi connectivity index (χ0) is 9.14. The number of phenols is 1. The van der Waals surface area contributed by atoms with Crippen LogP contribution in [-0.4, -0.2) is 16.9 Å². The van der Waals surface area contributed by atoms with Crippen LogP contribution < -0.4 is 0 Å². The minimum absolute atomic E-state index is 0.0432. The van der Waals surface area contributed by atoms with Gasteiger partial charge in [-0.1, -0.05) is 17.7 Å². The van der Waals surface area contributed by atoms with E-state index in [0.717, 1.165) is 0 Å². The molecule has 1 aromatic rings. The van der Waals surface area contributed by atoms with Gasteiger partial charge in [0.25, 0.3) is 0 Å². The van der Waals surface area contributed by atoms with Crippen LogP contribution in [0.3, 0.4) is 0 Å². The molecule has 66 valence electrons. The summed E-state index contributed by atoms with van der Waals surface area (Å²) in [6, 6.07) is 4.35. The van der Waals surface area contributed by atoms with E-state index in [2.05, 4.69) is 0 Å². The van der Waals surface area contributed by atoms with E-state index in [1.807, 2.05) is 0 Å². The van der Waals surface area contributed by atoms with Gasteiger partial charge in [0.1, 0.15) is 18.5 Å². The third kappa shape index (κ3) is 1.68. The van der Waals surface area contributed by atoms with Crippen LogP contribution >= 0.6 is 11.6 Å². The quantitative estimate of drug-likeness (QED) is 0.750. The van der Waals surface area contributed by atoms with E-state index in [4.69, 9.17) is 16.7 Å². The van der Waals surface area contributed by atoms with Gasteiger partial charge in [-0.2, -0.15) is 0 Å². The maximum atomic E-state index is 12.0. The van der Waals surface area contributed by atoms with Crippen LogP contribution in [0.1, 0.15) is 11.7 Å². The van der Waals surface area contributed by atoms with Crippen molar-refractivity contribution >= 4 is 11.6 Å². The van der Waals surface area contributed by atoms with E-state index in [0.29, 0.717) is 0 Å². The van der Waals surface area contributed by atoms with E-state index < -0.39 is 12.8 Å². The van der Waals surface area contributed by atoms with Gasteiger partial charge in [-0.3, -0.25) is 0 Å². The second-order valence-corrected chi connectivity index (χ2v) is 2.75. The van der Waals surface area contributed by atoms with Crippen LogP contribution in [0, 0.1) is 0 Å². The smallest absolute Gasteiger partial charge is 0.122 e. The Morgan fingerprint density at radius 2 is 2.17 bits per heavy atom. The van der Waals surface area contributed by atoms with E-state index in [1.54, 1.807) is 0 Å². The molecule has 1 atom stereocenters. The number of phenolic OH excluding ortho intramolecular Hbond substituents is 1. The highest BCUT2D eigenvalue weighted by Gasteiger charge is 2.14. The molecular formula is C8H8ClFO2. The number of halogens is 2. The lowest BCUT2D eigenvalue weighted by Gasteiger charge is -2.09. The van der Waals surface area contributed by atoms with Gasteiger partial charge in [0, 0.05) is 5.56 Å². The third-order valence-corrected chi connectivity index (χ3v) is 1.84. The Labute approximate surface area is 74.2 Å². The molecule has 1 unspecified atom stereocenters. The minimum Gasteiger partial charge on any atom is -0.508 e. The summed E-state index contributed by atoms with van der Waals surface area (Å²) >= 11 is 5.62. The van der Waals surface area contributed by atoms with Crippen LogP contribution in [0.4, 0.5) is 4.39 Å². The molecule has 12 heavy (non-hydrogen) atoms. The van der Waals surface area contributed by atoms with E-state index in [-0.39, 0.29) is 16.3 Å². The fourth-order valence-electron chi connectivity index (χ4n) is 0.933. The Hall–Kier alpha value is -0.800. The summed E-state index contributed by atoms with van der Waals surface area (Å²) in [6.07, 6.45) is -1.35. The van der Waals surface area contributed by atoms with Crippen molar-refractivity contribution in [3.05, 3.63) is 28.8 Å². The zero-order valence-corrected chi connectivity index (χ0v) is 6.92. The fraction of sp³-hybridized carbons (Fsp3) is 0.250. The number of rotatable bonds is 2. The maximum absolute atomic E-state index is 12.0. The van der Waals surface area contributed by atoms with E-state index in [1.165, 1.54) is 18.2 Å². The molecule has 0 aliphatic carbocycles. The summed E-state index contributed by atoms with van der Waals surface area (Å²) in [6.45, 7) is -0.961. The lowest BCUT2D eigenvalue weighted by molar-refractivity contribution is 0.139. The highest BCUT2D eigenvalue weighted by Crippen LogP contribution is 2.31. The monoisotopic (exact) mass is 190 g/mol. The standard InChI is InChI=1S/C8H8ClFO2/c9-5-2-1-3-6(11)8(5)7(12)4-10/h1-3,7,11-12H,4H2. The van der Waals surface area contributed by atoms with Gasteiger partial charge in [0.15, 0.2) is 0 Å². The lowest BCUT2D eigenvalue weighted by atomic mass is 10.1. The predicted octanol–water partition coefficient (Wildman–Crippen LogP) is 2.05. The van der Waals surface area contributed by atoms with Crippen LogP contribution in [0.5, 0.6) is 5.75 Å². The predicted molar refractivity (Wildman–Crippen MR) is 44.1 cm³/mol. The second-order valence-electron chi connectivity index (χ2n) is 2.34. The van der Waals surface area contributed by atoms with Gasteiger partial charge >= 0.3 is 0 Å². The maximum Gasteiger partial charge on any atom is 0.122 e. The Kier molecular flexibility index (Phi) is 2.89. The summed E-state index contributed by atoms with van der Waals surface area (Å²) in [7, 11) is 0. The number of benzene rings is 1. The highest BCUT2D eigenvalue weighted by molar-refractivity contribution is 6.31. The number of aliphatic hydroxyl groups is 1. The molecule has 0 fully saturated rings. The molecule has 0 aliphatic heterocycles. The van der Waals surface area contributed by atoms with Crippen LogP contribution in [-0.2, 0) is 0 Å².